The van der Waals surface area contributed by atoms with Crippen molar-refractivity contribution >= 4 is 11.3 Å². The van der Waals surface area contributed by atoms with E-state index in [-0.39, 0.29) is 6.10 Å². The number of morpholine rings is 1. The first-order chi connectivity index (χ1) is 11.3. The van der Waals surface area contributed by atoms with Crippen LogP contribution >= 0.6 is 11.3 Å². The van der Waals surface area contributed by atoms with E-state index in [0.29, 0.717) is 6.61 Å². The fourth-order valence-corrected chi connectivity index (χ4v) is 3.36. The lowest BCUT2D eigenvalue weighted by atomic mass is 10.2. The Morgan fingerprint density at radius 1 is 1.43 bits per heavy atom. The second-order valence-corrected chi connectivity index (χ2v) is 6.47. The van der Waals surface area contributed by atoms with E-state index in [1.165, 1.54) is 0 Å². The molecule has 0 amide bonds. The largest absolute Gasteiger partial charge is 0.368 e. The third kappa shape index (κ3) is 3.19. The summed E-state index contributed by atoms with van der Waals surface area (Å²) in [6, 6.07) is 1.98. The molecular weight excluding hydrogens is 314 g/mol. The van der Waals surface area contributed by atoms with Crippen LogP contribution in [0.25, 0.3) is 11.3 Å². The normalized spacial score (nSPS) is 19.3. The van der Waals surface area contributed by atoms with E-state index in [0.717, 1.165) is 41.7 Å². The lowest BCUT2D eigenvalue weighted by molar-refractivity contribution is -0.0351. The molecule has 0 unspecified atom stereocenters. The summed E-state index contributed by atoms with van der Waals surface area (Å²) in [5, 5.41) is 11.3. The van der Waals surface area contributed by atoms with E-state index in [1.807, 2.05) is 30.9 Å². The zero-order chi connectivity index (χ0) is 15.6. The summed E-state index contributed by atoms with van der Waals surface area (Å²) in [6.07, 6.45) is 5.58. The fraction of sp³-hybridized carbons (Fsp3) is 0.400. The van der Waals surface area contributed by atoms with Crippen LogP contribution in [0.15, 0.2) is 34.6 Å². The van der Waals surface area contributed by atoms with Crippen LogP contribution in [-0.2, 0) is 18.3 Å². The van der Waals surface area contributed by atoms with Crippen LogP contribution in [0.1, 0.15) is 16.9 Å². The molecule has 8 heteroatoms. The first kappa shape index (κ1) is 14.6. The molecule has 1 atom stereocenters. The Balaban J connectivity index is 1.43. The summed E-state index contributed by atoms with van der Waals surface area (Å²) < 4.78 is 13.0. The predicted molar refractivity (Wildman–Crippen MR) is 84.8 cm³/mol. The molecule has 1 fully saturated rings. The van der Waals surface area contributed by atoms with Gasteiger partial charge in [0.05, 0.1) is 19.3 Å². The van der Waals surface area contributed by atoms with E-state index < -0.39 is 0 Å². The molecule has 0 N–H and O–H groups in total. The van der Waals surface area contributed by atoms with Gasteiger partial charge in [0.15, 0.2) is 5.76 Å². The highest BCUT2D eigenvalue weighted by Gasteiger charge is 2.24. The maximum absolute atomic E-state index is 5.82. The Hall–Kier alpha value is -2.03. The molecular formula is C15H17N5O2S. The van der Waals surface area contributed by atoms with Gasteiger partial charge in [0.1, 0.15) is 16.8 Å². The van der Waals surface area contributed by atoms with Gasteiger partial charge in [-0.15, -0.1) is 11.3 Å². The third-order valence-corrected chi connectivity index (χ3v) is 4.68. The van der Waals surface area contributed by atoms with E-state index in [4.69, 9.17) is 9.26 Å². The minimum Gasteiger partial charge on any atom is -0.368 e. The van der Waals surface area contributed by atoms with Gasteiger partial charge in [0.2, 0.25) is 0 Å². The second-order valence-electron chi connectivity index (χ2n) is 5.55. The van der Waals surface area contributed by atoms with Crippen molar-refractivity contribution in [3.05, 3.63) is 40.8 Å². The number of thiazole rings is 1. The molecule has 7 nitrogen and oxygen atoms in total. The molecule has 0 aliphatic carbocycles. The van der Waals surface area contributed by atoms with Gasteiger partial charge in [0.25, 0.3) is 0 Å². The third-order valence-electron chi connectivity index (χ3n) is 3.82. The molecule has 1 saturated heterocycles. The zero-order valence-corrected chi connectivity index (χ0v) is 13.6. The van der Waals surface area contributed by atoms with Crippen molar-refractivity contribution in [2.75, 3.05) is 19.7 Å². The van der Waals surface area contributed by atoms with E-state index in [9.17, 15) is 0 Å². The first-order valence-electron chi connectivity index (χ1n) is 7.46. The van der Waals surface area contributed by atoms with Crippen molar-refractivity contribution in [1.29, 1.82) is 0 Å². The monoisotopic (exact) mass is 331 g/mol. The van der Waals surface area contributed by atoms with Gasteiger partial charge in [-0.25, -0.2) is 4.98 Å². The lowest BCUT2D eigenvalue weighted by Gasteiger charge is -2.31. The maximum atomic E-state index is 5.82. The molecule has 4 heterocycles. The molecule has 0 saturated carbocycles. The highest BCUT2D eigenvalue weighted by molar-refractivity contribution is 7.09. The maximum Gasteiger partial charge on any atom is 0.151 e. The number of aryl methyl sites for hydroxylation is 1. The van der Waals surface area contributed by atoms with Crippen LogP contribution < -0.4 is 0 Å². The molecule has 4 rings (SSSR count). The molecule has 1 aliphatic heterocycles. The van der Waals surface area contributed by atoms with Crippen molar-refractivity contribution in [3.8, 4) is 11.3 Å². The Morgan fingerprint density at radius 2 is 2.39 bits per heavy atom. The Morgan fingerprint density at radius 3 is 3.17 bits per heavy atom. The van der Waals surface area contributed by atoms with Crippen molar-refractivity contribution in [1.82, 2.24) is 24.8 Å². The van der Waals surface area contributed by atoms with Gasteiger partial charge in [0, 0.05) is 49.5 Å². The van der Waals surface area contributed by atoms with Crippen LogP contribution in [0.5, 0.6) is 0 Å². The topological polar surface area (TPSA) is 69.2 Å². The van der Waals surface area contributed by atoms with Crippen LogP contribution in [0.4, 0.5) is 0 Å². The number of rotatable bonds is 4. The van der Waals surface area contributed by atoms with Gasteiger partial charge >= 0.3 is 0 Å². The number of hydrogen-bond donors (Lipinski definition) is 0. The SMILES string of the molecule is Cn1cc(-c2cc(CN3CCO[C@H](c4nccs4)C3)on2)cn1. The first-order valence-corrected chi connectivity index (χ1v) is 8.34. The Labute approximate surface area is 137 Å². The zero-order valence-electron chi connectivity index (χ0n) is 12.8. The summed E-state index contributed by atoms with van der Waals surface area (Å²) in [5.74, 6) is 0.851. The van der Waals surface area contributed by atoms with E-state index >= 15 is 0 Å². The van der Waals surface area contributed by atoms with Gasteiger partial charge < -0.3 is 9.26 Å². The van der Waals surface area contributed by atoms with Crippen LogP contribution in [-0.4, -0.2) is 44.5 Å². The van der Waals surface area contributed by atoms with Crippen LogP contribution in [0.2, 0.25) is 0 Å². The molecule has 3 aromatic rings. The minimum atomic E-state index is 0.0458. The Bertz CT molecular complexity index is 767. The number of hydrogen-bond acceptors (Lipinski definition) is 7. The number of nitrogens with zero attached hydrogens (tertiary/aromatic N) is 5. The summed E-state index contributed by atoms with van der Waals surface area (Å²) in [6.45, 7) is 3.12. The van der Waals surface area contributed by atoms with Gasteiger partial charge in [-0.05, 0) is 0 Å². The van der Waals surface area contributed by atoms with E-state index in [2.05, 4.69) is 20.1 Å². The average Bonchev–Trinajstić information content (AvgIpc) is 3.28. The van der Waals surface area contributed by atoms with Crippen LogP contribution in [0, 0.1) is 0 Å². The highest BCUT2D eigenvalue weighted by atomic mass is 32.1. The second kappa shape index (κ2) is 6.23. The van der Waals surface area contributed by atoms with Crippen molar-refractivity contribution in [3.63, 3.8) is 0 Å². The quantitative estimate of drug-likeness (QED) is 0.729. The summed E-state index contributed by atoms with van der Waals surface area (Å²) in [7, 11) is 1.89. The minimum absolute atomic E-state index is 0.0458. The highest BCUT2D eigenvalue weighted by Crippen LogP contribution is 2.25. The fourth-order valence-electron chi connectivity index (χ4n) is 2.69. The molecule has 0 bridgehead atoms. The molecule has 0 radical (unpaired) electrons. The van der Waals surface area contributed by atoms with E-state index in [1.54, 1.807) is 22.2 Å². The van der Waals surface area contributed by atoms with Crippen molar-refractivity contribution < 1.29 is 9.26 Å². The lowest BCUT2D eigenvalue weighted by Crippen LogP contribution is -2.37. The summed E-state index contributed by atoms with van der Waals surface area (Å²) in [5.41, 5.74) is 1.78. The molecule has 3 aromatic heterocycles. The molecule has 0 aromatic carbocycles. The summed E-state index contributed by atoms with van der Waals surface area (Å²) in [4.78, 5) is 6.66. The van der Waals surface area contributed by atoms with Crippen molar-refractivity contribution in [2.24, 2.45) is 7.05 Å². The molecule has 120 valence electrons. The average molecular weight is 331 g/mol. The standard InChI is InChI=1S/C15H17N5O2S/c1-19-8-11(7-17-19)13-6-12(22-18-13)9-20-3-4-21-14(10-20)15-16-2-5-23-15/h2,5-8,14H,3-4,9-10H2,1H3/t14-/m0/s1. The summed E-state index contributed by atoms with van der Waals surface area (Å²) >= 11 is 1.63. The van der Waals surface area contributed by atoms with Crippen LogP contribution in [0.3, 0.4) is 0 Å². The van der Waals surface area contributed by atoms with Crippen molar-refractivity contribution in [2.45, 2.75) is 12.6 Å². The number of aromatic nitrogens is 4. The predicted octanol–water partition coefficient (Wildman–Crippen LogP) is 2.11. The Kier molecular flexibility index (Phi) is 3.94. The molecule has 0 spiro atoms. The number of ether oxygens (including phenoxy) is 1. The smallest absolute Gasteiger partial charge is 0.151 e. The van der Waals surface area contributed by atoms with Gasteiger partial charge in [-0.2, -0.15) is 5.10 Å². The molecule has 1 aliphatic rings. The van der Waals surface area contributed by atoms with Gasteiger partial charge in [-0.1, -0.05) is 5.16 Å². The van der Waals surface area contributed by atoms with Gasteiger partial charge in [-0.3, -0.25) is 9.58 Å². The molecule has 23 heavy (non-hydrogen) atoms.